The highest BCUT2D eigenvalue weighted by atomic mass is 16.5. The Morgan fingerprint density at radius 2 is 1.80 bits per heavy atom. The van der Waals surface area contributed by atoms with E-state index in [1.54, 1.807) is 7.11 Å². The molecule has 1 aliphatic rings. The molecule has 1 unspecified atom stereocenters. The first-order valence-electron chi connectivity index (χ1n) is 11.3. The van der Waals surface area contributed by atoms with Gasteiger partial charge in [-0.15, -0.1) is 0 Å². The zero-order valence-electron chi connectivity index (χ0n) is 19.5. The third-order valence-corrected chi connectivity index (χ3v) is 6.15. The Morgan fingerprint density at radius 3 is 2.47 bits per heavy atom. The lowest BCUT2D eigenvalue weighted by Crippen LogP contribution is -2.31. The van der Waals surface area contributed by atoms with Crippen molar-refractivity contribution in [2.24, 2.45) is 0 Å². The highest BCUT2D eigenvalue weighted by molar-refractivity contribution is 5.49. The van der Waals surface area contributed by atoms with Crippen molar-refractivity contribution in [3.63, 3.8) is 0 Å². The average molecular weight is 411 g/mol. The first-order chi connectivity index (χ1) is 14.4. The number of likely N-dealkylation sites (N-methyl/N-ethyl adjacent to an activating group) is 1. The predicted octanol–water partition coefficient (Wildman–Crippen LogP) is 4.95. The fourth-order valence-electron chi connectivity index (χ4n) is 4.17. The number of hydrogen-bond donors (Lipinski definition) is 1. The number of rotatable bonds is 8. The van der Waals surface area contributed by atoms with Crippen molar-refractivity contribution in [3.8, 4) is 11.5 Å². The first kappa shape index (κ1) is 22.6. The molecule has 164 valence electrons. The van der Waals surface area contributed by atoms with Gasteiger partial charge in [0.05, 0.1) is 13.2 Å². The maximum Gasteiger partial charge on any atom is 0.124 e. The quantitative estimate of drug-likeness (QED) is 0.668. The maximum atomic E-state index is 6.07. The van der Waals surface area contributed by atoms with Crippen LogP contribution >= 0.6 is 0 Å². The minimum atomic E-state index is 0.0983. The van der Waals surface area contributed by atoms with E-state index >= 15 is 0 Å². The Balaban J connectivity index is 1.84. The lowest BCUT2D eigenvalue weighted by atomic mass is 9.83. The molecular formula is C26H38N2O2. The van der Waals surface area contributed by atoms with Crippen LogP contribution in [0, 0.1) is 0 Å². The van der Waals surface area contributed by atoms with Crippen LogP contribution in [-0.4, -0.2) is 44.8 Å². The predicted molar refractivity (Wildman–Crippen MR) is 125 cm³/mol. The normalized spacial score (nSPS) is 16.4. The molecule has 1 heterocycles. The molecule has 0 amide bonds. The van der Waals surface area contributed by atoms with Gasteiger partial charge in [-0.1, -0.05) is 46.8 Å². The van der Waals surface area contributed by atoms with Crippen molar-refractivity contribution in [1.29, 1.82) is 0 Å². The lowest BCUT2D eigenvalue weighted by molar-refractivity contribution is 0.222. The minimum absolute atomic E-state index is 0.0983. The zero-order valence-corrected chi connectivity index (χ0v) is 19.5. The largest absolute Gasteiger partial charge is 0.496 e. The SMILES string of the molecule is CCN(CC)CCOc1ccc2c(c1)CCNC2c1cc(C(C)(C)C)ccc1OC. The third kappa shape index (κ3) is 5.16. The third-order valence-electron chi connectivity index (χ3n) is 6.15. The van der Waals surface area contributed by atoms with Crippen LogP contribution in [0.15, 0.2) is 36.4 Å². The number of nitrogens with one attached hydrogen (secondary N) is 1. The second kappa shape index (κ2) is 9.84. The van der Waals surface area contributed by atoms with Gasteiger partial charge in [0.1, 0.15) is 18.1 Å². The summed E-state index contributed by atoms with van der Waals surface area (Å²) in [5.74, 6) is 1.91. The molecule has 0 fully saturated rings. The van der Waals surface area contributed by atoms with Crippen LogP contribution in [0.25, 0.3) is 0 Å². The molecule has 1 atom stereocenters. The van der Waals surface area contributed by atoms with Crippen LogP contribution in [-0.2, 0) is 11.8 Å². The van der Waals surface area contributed by atoms with E-state index in [0.717, 1.165) is 50.7 Å². The summed E-state index contributed by atoms with van der Waals surface area (Å²) < 4.78 is 11.8. The molecule has 1 aliphatic heterocycles. The molecule has 4 heteroatoms. The Hall–Kier alpha value is -2.04. The second-order valence-corrected chi connectivity index (χ2v) is 9.08. The van der Waals surface area contributed by atoms with Gasteiger partial charge >= 0.3 is 0 Å². The fraction of sp³-hybridized carbons (Fsp3) is 0.538. The van der Waals surface area contributed by atoms with E-state index in [1.807, 2.05) is 0 Å². The average Bonchev–Trinajstić information content (AvgIpc) is 2.75. The van der Waals surface area contributed by atoms with E-state index in [1.165, 1.54) is 22.3 Å². The van der Waals surface area contributed by atoms with Crippen LogP contribution in [0.4, 0.5) is 0 Å². The summed E-state index contributed by atoms with van der Waals surface area (Å²) in [7, 11) is 1.76. The van der Waals surface area contributed by atoms with Crippen LogP contribution in [0.1, 0.15) is 62.9 Å². The molecule has 3 rings (SSSR count). The van der Waals surface area contributed by atoms with Crippen molar-refractivity contribution < 1.29 is 9.47 Å². The molecule has 0 radical (unpaired) electrons. The number of ether oxygens (including phenoxy) is 2. The summed E-state index contributed by atoms with van der Waals surface area (Å²) in [6, 6.07) is 13.3. The Kier molecular flexibility index (Phi) is 7.43. The van der Waals surface area contributed by atoms with E-state index in [-0.39, 0.29) is 11.5 Å². The van der Waals surface area contributed by atoms with Gasteiger partial charge in [-0.05, 0) is 65.9 Å². The summed E-state index contributed by atoms with van der Waals surface area (Å²) in [4.78, 5) is 2.38. The topological polar surface area (TPSA) is 33.7 Å². The highest BCUT2D eigenvalue weighted by Crippen LogP contribution is 2.37. The molecule has 0 aromatic heterocycles. The second-order valence-electron chi connectivity index (χ2n) is 9.08. The van der Waals surface area contributed by atoms with Gasteiger partial charge in [0.2, 0.25) is 0 Å². The summed E-state index contributed by atoms with van der Waals surface area (Å²) in [5, 5.41) is 3.71. The Bertz CT molecular complexity index is 837. The number of fused-ring (bicyclic) bond motifs is 1. The molecule has 0 saturated carbocycles. The summed E-state index contributed by atoms with van der Waals surface area (Å²) >= 11 is 0. The minimum Gasteiger partial charge on any atom is -0.496 e. The van der Waals surface area contributed by atoms with Gasteiger partial charge in [-0.3, -0.25) is 0 Å². The summed E-state index contributed by atoms with van der Waals surface area (Å²) in [6.07, 6.45) is 1.01. The maximum absolute atomic E-state index is 6.07. The molecule has 2 aromatic carbocycles. The standard InChI is InChI=1S/C26H38N2O2/c1-7-28(8-2)15-16-30-21-10-11-22-19(17-21)13-14-27-25(22)23-18-20(26(3,4)5)9-12-24(23)29-6/h9-12,17-18,25,27H,7-8,13-16H2,1-6H3. The van der Waals surface area contributed by atoms with Crippen LogP contribution < -0.4 is 14.8 Å². The van der Waals surface area contributed by atoms with Gasteiger partial charge < -0.3 is 19.7 Å². The summed E-state index contributed by atoms with van der Waals surface area (Å²) in [5.41, 5.74) is 5.31. The number of methoxy groups -OCH3 is 1. The molecule has 0 bridgehead atoms. The molecule has 0 aliphatic carbocycles. The molecule has 4 nitrogen and oxygen atoms in total. The van der Waals surface area contributed by atoms with Crippen LogP contribution in [0.2, 0.25) is 0 Å². The van der Waals surface area contributed by atoms with Crippen LogP contribution in [0.3, 0.4) is 0 Å². The van der Waals surface area contributed by atoms with Crippen molar-refractivity contribution in [2.75, 3.05) is 39.9 Å². The zero-order chi connectivity index (χ0) is 21.7. The van der Waals surface area contributed by atoms with Gasteiger partial charge in [-0.25, -0.2) is 0 Å². The molecule has 0 saturated heterocycles. The van der Waals surface area contributed by atoms with Gasteiger partial charge in [0.25, 0.3) is 0 Å². The van der Waals surface area contributed by atoms with E-state index < -0.39 is 0 Å². The van der Waals surface area contributed by atoms with E-state index in [9.17, 15) is 0 Å². The number of nitrogens with zero attached hydrogens (tertiary/aromatic N) is 1. The number of hydrogen-bond acceptors (Lipinski definition) is 4. The molecule has 1 N–H and O–H groups in total. The van der Waals surface area contributed by atoms with E-state index in [0.29, 0.717) is 0 Å². The molecule has 2 aromatic rings. The van der Waals surface area contributed by atoms with Crippen molar-refractivity contribution in [2.45, 2.75) is 52.5 Å². The highest BCUT2D eigenvalue weighted by Gasteiger charge is 2.26. The fourth-order valence-corrected chi connectivity index (χ4v) is 4.17. The smallest absolute Gasteiger partial charge is 0.124 e. The monoisotopic (exact) mass is 410 g/mol. The van der Waals surface area contributed by atoms with Gasteiger partial charge in [0, 0.05) is 18.7 Å². The van der Waals surface area contributed by atoms with E-state index in [2.05, 4.69) is 81.2 Å². The van der Waals surface area contributed by atoms with Crippen molar-refractivity contribution in [3.05, 3.63) is 58.7 Å². The van der Waals surface area contributed by atoms with E-state index in [4.69, 9.17) is 9.47 Å². The van der Waals surface area contributed by atoms with Gasteiger partial charge in [0.15, 0.2) is 0 Å². The molecule has 0 spiro atoms. The van der Waals surface area contributed by atoms with Gasteiger partial charge in [-0.2, -0.15) is 0 Å². The lowest BCUT2D eigenvalue weighted by Gasteiger charge is -2.30. The first-order valence-corrected chi connectivity index (χ1v) is 11.3. The molecular weight excluding hydrogens is 372 g/mol. The van der Waals surface area contributed by atoms with Crippen molar-refractivity contribution >= 4 is 0 Å². The van der Waals surface area contributed by atoms with Crippen molar-refractivity contribution in [1.82, 2.24) is 10.2 Å². The van der Waals surface area contributed by atoms with Crippen LogP contribution in [0.5, 0.6) is 11.5 Å². The Morgan fingerprint density at radius 1 is 1.03 bits per heavy atom. The summed E-state index contributed by atoms with van der Waals surface area (Å²) in [6.45, 7) is 15.9. The molecule has 30 heavy (non-hydrogen) atoms. The Labute approximate surface area is 182 Å². The number of benzene rings is 2.